The van der Waals surface area contributed by atoms with Gasteiger partial charge in [0.1, 0.15) is 6.04 Å². The number of sulfonamides is 1. The van der Waals surface area contributed by atoms with Crippen molar-refractivity contribution >= 4 is 27.9 Å². The molecule has 1 aliphatic heterocycles. The molecule has 1 aliphatic rings. The molecule has 142 valence electrons. The Bertz CT molecular complexity index is 808. The van der Waals surface area contributed by atoms with Gasteiger partial charge in [0.15, 0.2) is 6.61 Å². The predicted octanol–water partition coefficient (Wildman–Crippen LogP) is -0.238. The minimum Gasteiger partial charge on any atom is -0.454 e. The Kier molecular flexibility index (Phi) is 6.32. The third-order valence-corrected chi connectivity index (χ3v) is 5.07. The number of amides is 3. The number of esters is 1. The highest BCUT2D eigenvalue weighted by Gasteiger charge is 2.38. The summed E-state index contributed by atoms with van der Waals surface area (Å²) in [5.41, 5.74) is 1.66. The smallest absolute Gasteiger partial charge is 0.325 e. The highest BCUT2D eigenvalue weighted by Crippen LogP contribution is 2.26. The zero-order chi connectivity index (χ0) is 19.3. The van der Waals surface area contributed by atoms with Crippen molar-refractivity contribution in [3.63, 3.8) is 0 Å². The molecule has 9 nitrogen and oxygen atoms in total. The average Bonchev–Trinajstić information content (AvgIpc) is 2.58. The molecular weight excluding hydrogens is 362 g/mol. The lowest BCUT2D eigenvalue weighted by Crippen LogP contribution is -2.49. The lowest BCUT2D eigenvalue weighted by atomic mass is 9.96. The third kappa shape index (κ3) is 5.02. The van der Waals surface area contributed by atoms with Crippen molar-refractivity contribution in [2.75, 3.05) is 19.4 Å². The van der Waals surface area contributed by atoms with Crippen molar-refractivity contribution in [2.45, 2.75) is 25.9 Å². The van der Waals surface area contributed by atoms with Crippen molar-refractivity contribution in [3.8, 4) is 0 Å². The molecule has 3 amide bonds. The molecule has 0 aliphatic carbocycles. The first-order valence-electron chi connectivity index (χ1n) is 8.00. The van der Waals surface area contributed by atoms with Crippen LogP contribution in [0, 0.1) is 0 Å². The predicted molar refractivity (Wildman–Crippen MR) is 92.5 cm³/mol. The largest absolute Gasteiger partial charge is 0.454 e. The summed E-state index contributed by atoms with van der Waals surface area (Å²) in [7, 11) is -3.66. The maximum absolute atomic E-state index is 12.4. The highest BCUT2D eigenvalue weighted by atomic mass is 32.2. The zero-order valence-electron chi connectivity index (χ0n) is 14.5. The summed E-state index contributed by atoms with van der Waals surface area (Å²) in [5.74, 6) is -1.64. The first-order chi connectivity index (χ1) is 12.2. The van der Waals surface area contributed by atoms with Crippen molar-refractivity contribution in [1.82, 2.24) is 14.9 Å². The minimum atomic E-state index is -3.66. The molecule has 0 fully saturated rings. The fourth-order valence-electron chi connectivity index (χ4n) is 2.65. The van der Waals surface area contributed by atoms with Crippen LogP contribution in [-0.4, -0.2) is 56.1 Å². The number of carbonyl (C=O) groups excluding carboxylic acids is 3. The summed E-state index contributed by atoms with van der Waals surface area (Å²) < 4.78 is 30.1. The SMILES string of the molecule is CCNC(=O)NC(=O)COC(=O)[C@@H]1Cc2ccccc2CN1S(C)(=O)=O. The van der Waals surface area contributed by atoms with Crippen molar-refractivity contribution in [3.05, 3.63) is 35.4 Å². The van der Waals surface area contributed by atoms with Gasteiger partial charge in [-0.05, 0) is 18.1 Å². The summed E-state index contributed by atoms with van der Waals surface area (Å²) in [6, 6.07) is 5.46. The number of hydrogen-bond acceptors (Lipinski definition) is 6. The lowest BCUT2D eigenvalue weighted by molar-refractivity contribution is -0.152. The van der Waals surface area contributed by atoms with Crippen molar-refractivity contribution in [2.24, 2.45) is 0 Å². The van der Waals surface area contributed by atoms with E-state index >= 15 is 0 Å². The van der Waals surface area contributed by atoms with Gasteiger partial charge >= 0.3 is 12.0 Å². The number of carbonyl (C=O) groups is 3. The lowest BCUT2D eigenvalue weighted by Gasteiger charge is -2.33. The maximum atomic E-state index is 12.4. The van der Waals surface area contributed by atoms with Gasteiger partial charge in [0, 0.05) is 19.5 Å². The van der Waals surface area contributed by atoms with Gasteiger partial charge in [-0.1, -0.05) is 24.3 Å². The van der Waals surface area contributed by atoms with Crippen LogP contribution in [0.1, 0.15) is 18.1 Å². The minimum absolute atomic E-state index is 0.0554. The van der Waals surface area contributed by atoms with E-state index in [9.17, 15) is 22.8 Å². The van der Waals surface area contributed by atoms with E-state index in [0.717, 1.165) is 21.7 Å². The average molecular weight is 383 g/mol. The maximum Gasteiger partial charge on any atom is 0.325 e. The number of fused-ring (bicyclic) bond motifs is 1. The van der Waals surface area contributed by atoms with E-state index in [0.29, 0.717) is 6.54 Å². The van der Waals surface area contributed by atoms with Gasteiger partial charge in [0.25, 0.3) is 5.91 Å². The summed E-state index contributed by atoms with van der Waals surface area (Å²) in [5, 5.41) is 4.36. The second-order valence-electron chi connectivity index (χ2n) is 5.81. The second-order valence-corrected chi connectivity index (χ2v) is 7.75. The molecule has 0 bridgehead atoms. The number of nitrogens with one attached hydrogen (secondary N) is 2. The van der Waals surface area contributed by atoms with Crippen LogP contribution in [0.2, 0.25) is 0 Å². The van der Waals surface area contributed by atoms with E-state index in [1.54, 1.807) is 25.1 Å². The Morgan fingerprint density at radius 2 is 1.88 bits per heavy atom. The Morgan fingerprint density at radius 1 is 1.23 bits per heavy atom. The molecule has 0 unspecified atom stereocenters. The molecule has 0 spiro atoms. The Balaban J connectivity index is 2.06. The second kappa shape index (κ2) is 8.28. The number of nitrogens with zero attached hydrogens (tertiary/aromatic N) is 1. The van der Waals surface area contributed by atoms with Gasteiger partial charge in [-0.3, -0.25) is 14.9 Å². The molecule has 0 saturated carbocycles. The molecule has 1 atom stereocenters. The Morgan fingerprint density at radius 3 is 2.50 bits per heavy atom. The van der Waals surface area contributed by atoms with Crippen LogP contribution in [0.25, 0.3) is 0 Å². The Hall–Kier alpha value is -2.46. The van der Waals surface area contributed by atoms with E-state index in [2.05, 4.69) is 5.32 Å². The van der Waals surface area contributed by atoms with Crippen LogP contribution in [0.5, 0.6) is 0 Å². The molecule has 10 heteroatoms. The molecule has 0 saturated heterocycles. The number of urea groups is 1. The van der Waals surface area contributed by atoms with E-state index in [4.69, 9.17) is 4.74 Å². The van der Waals surface area contributed by atoms with Gasteiger partial charge < -0.3 is 10.1 Å². The topological polar surface area (TPSA) is 122 Å². The van der Waals surface area contributed by atoms with Crippen LogP contribution in [0.4, 0.5) is 4.79 Å². The molecule has 1 heterocycles. The van der Waals surface area contributed by atoms with Crippen molar-refractivity contribution in [1.29, 1.82) is 0 Å². The normalized spacial score (nSPS) is 17.1. The summed E-state index contributed by atoms with van der Waals surface area (Å²) in [6.07, 6.45) is 1.17. The van der Waals surface area contributed by atoms with Crippen LogP contribution in [0.15, 0.2) is 24.3 Å². The van der Waals surface area contributed by atoms with Crippen LogP contribution in [0.3, 0.4) is 0 Å². The molecule has 1 aromatic rings. The number of benzene rings is 1. The van der Waals surface area contributed by atoms with E-state index in [1.807, 2.05) is 11.4 Å². The molecule has 1 aromatic carbocycles. The highest BCUT2D eigenvalue weighted by molar-refractivity contribution is 7.88. The molecular formula is C16H21N3O6S. The number of hydrogen-bond donors (Lipinski definition) is 2. The summed E-state index contributed by atoms with van der Waals surface area (Å²) in [6.45, 7) is 1.40. The molecule has 26 heavy (non-hydrogen) atoms. The molecule has 2 N–H and O–H groups in total. The first-order valence-corrected chi connectivity index (χ1v) is 9.85. The summed E-state index contributed by atoms with van der Waals surface area (Å²) in [4.78, 5) is 35.2. The van der Waals surface area contributed by atoms with Crippen molar-refractivity contribution < 1.29 is 27.5 Å². The third-order valence-electron chi connectivity index (χ3n) is 3.84. The first kappa shape index (κ1) is 19.9. The molecule has 0 radical (unpaired) electrons. The number of imide groups is 1. The Labute approximate surface area is 151 Å². The van der Waals surface area contributed by atoms with Gasteiger partial charge in [-0.25, -0.2) is 13.2 Å². The fraction of sp³-hybridized carbons (Fsp3) is 0.438. The summed E-state index contributed by atoms with van der Waals surface area (Å²) >= 11 is 0. The molecule has 2 rings (SSSR count). The standard InChI is InChI=1S/C16H21N3O6S/c1-3-17-16(22)18-14(20)10-25-15(21)13-8-11-6-4-5-7-12(11)9-19(13)26(2,23)24/h4-7,13H,3,8-10H2,1-2H3,(H2,17,18,20,22)/t13-/m0/s1. The van der Waals surface area contributed by atoms with Crippen LogP contribution >= 0.6 is 0 Å². The van der Waals surface area contributed by atoms with Crippen LogP contribution < -0.4 is 10.6 Å². The van der Waals surface area contributed by atoms with Gasteiger partial charge in [-0.2, -0.15) is 4.31 Å². The monoisotopic (exact) mass is 383 g/mol. The van der Waals surface area contributed by atoms with Gasteiger partial charge in [0.2, 0.25) is 10.0 Å². The number of ether oxygens (including phenoxy) is 1. The van der Waals surface area contributed by atoms with E-state index in [1.165, 1.54) is 0 Å². The van der Waals surface area contributed by atoms with Gasteiger partial charge in [0.05, 0.1) is 6.26 Å². The van der Waals surface area contributed by atoms with E-state index < -0.39 is 40.6 Å². The van der Waals surface area contributed by atoms with Crippen LogP contribution in [-0.2, 0) is 37.3 Å². The fourth-order valence-corrected chi connectivity index (χ4v) is 3.65. The van der Waals surface area contributed by atoms with Gasteiger partial charge in [-0.15, -0.1) is 0 Å². The molecule has 0 aromatic heterocycles. The number of rotatable bonds is 5. The quantitative estimate of drug-likeness (QED) is 0.677. The zero-order valence-corrected chi connectivity index (χ0v) is 15.3. The van der Waals surface area contributed by atoms with E-state index in [-0.39, 0.29) is 13.0 Å².